The van der Waals surface area contributed by atoms with Crippen LogP contribution in [0.5, 0.6) is 0 Å². The normalized spacial score (nSPS) is 24.1. The van der Waals surface area contributed by atoms with Crippen molar-refractivity contribution in [3.8, 4) is 0 Å². The molecule has 7 heteroatoms. The van der Waals surface area contributed by atoms with Crippen molar-refractivity contribution in [2.45, 2.75) is 57.2 Å². The third-order valence-electron chi connectivity index (χ3n) is 6.65. The molecule has 0 amide bonds. The molecule has 0 saturated carbocycles. The van der Waals surface area contributed by atoms with Gasteiger partial charge in [-0.15, -0.1) is 11.3 Å². The van der Waals surface area contributed by atoms with Crippen molar-refractivity contribution in [3.05, 3.63) is 50.7 Å². The minimum absolute atomic E-state index is 0.0508. The molecule has 2 aliphatic heterocycles. The SMILES string of the molecule is Cn1nccc1C1=C[C@H]2CC[C@@H](C1)N2Cc1nc2sc3c(c2c(=O)[nH]1)CCC3. The number of hydrogen-bond acceptors (Lipinski definition) is 5. The van der Waals surface area contributed by atoms with Crippen molar-refractivity contribution in [1.82, 2.24) is 24.6 Å². The van der Waals surface area contributed by atoms with Crippen LogP contribution < -0.4 is 5.56 Å². The van der Waals surface area contributed by atoms with E-state index in [1.165, 1.54) is 41.0 Å². The molecule has 2 atom stereocenters. The Bertz CT molecular complexity index is 1170. The largest absolute Gasteiger partial charge is 0.309 e. The van der Waals surface area contributed by atoms with E-state index in [0.717, 1.165) is 41.8 Å². The summed E-state index contributed by atoms with van der Waals surface area (Å²) in [6.07, 6.45) is 11.0. The van der Waals surface area contributed by atoms with Crippen molar-refractivity contribution in [1.29, 1.82) is 0 Å². The summed E-state index contributed by atoms with van der Waals surface area (Å²) in [5.74, 6) is 0.812. The van der Waals surface area contributed by atoms with Crippen LogP contribution >= 0.6 is 11.3 Å². The molecule has 1 saturated heterocycles. The first-order chi connectivity index (χ1) is 13.7. The summed E-state index contributed by atoms with van der Waals surface area (Å²) in [7, 11) is 2.01. The Kier molecular flexibility index (Phi) is 3.65. The number of nitrogens with one attached hydrogen (secondary N) is 1. The zero-order valence-electron chi connectivity index (χ0n) is 15.9. The van der Waals surface area contributed by atoms with Crippen molar-refractivity contribution in [2.24, 2.45) is 7.05 Å². The predicted molar refractivity (Wildman–Crippen MR) is 110 cm³/mol. The Balaban J connectivity index is 1.31. The fourth-order valence-corrected chi connectivity index (χ4v) is 6.62. The Morgan fingerprint density at radius 2 is 2.25 bits per heavy atom. The first-order valence-electron chi connectivity index (χ1n) is 10.2. The molecule has 5 heterocycles. The van der Waals surface area contributed by atoms with Gasteiger partial charge in [-0.3, -0.25) is 14.4 Å². The molecule has 0 radical (unpaired) electrons. The van der Waals surface area contributed by atoms with Crippen LogP contribution in [0.3, 0.4) is 0 Å². The highest BCUT2D eigenvalue weighted by molar-refractivity contribution is 7.18. The maximum atomic E-state index is 12.8. The van der Waals surface area contributed by atoms with Gasteiger partial charge in [-0.2, -0.15) is 5.10 Å². The predicted octanol–water partition coefficient (Wildman–Crippen LogP) is 3.03. The van der Waals surface area contributed by atoms with Gasteiger partial charge in [0.15, 0.2) is 0 Å². The summed E-state index contributed by atoms with van der Waals surface area (Å²) in [5, 5.41) is 5.17. The molecule has 1 N–H and O–H groups in total. The highest BCUT2D eigenvalue weighted by atomic mass is 32.1. The number of aromatic amines is 1. The summed E-state index contributed by atoms with van der Waals surface area (Å²) in [4.78, 5) is 25.5. The molecule has 3 aromatic rings. The first kappa shape index (κ1) is 16.7. The molecule has 3 aromatic heterocycles. The van der Waals surface area contributed by atoms with E-state index in [1.54, 1.807) is 11.3 Å². The Morgan fingerprint density at radius 1 is 1.32 bits per heavy atom. The highest BCUT2D eigenvalue weighted by Crippen LogP contribution is 2.39. The Morgan fingerprint density at radius 3 is 3.07 bits per heavy atom. The molecule has 3 aliphatic rings. The molecule has 144 valence electrons. The number of aromatic nitrogens is 4. The zero-order chi connectivity index (χ0) is 18.8. The van der Waals surface area contributed by atoms with Crippen LogP contribution in [0.15, 0.2) is 23.1 Å². The number of aryl methyl sites for hydroxylation is 3. The lowest BCUT2D eigenvalue weighted by Gasteiger charge is -2.33. The van der Waals surface area contributed by atoms with Gasteiger partial charge in [0.1, 0.15) is 10.7 Å². The van der Waals surface area contributed by atoms with Crippen LogP contribution in [0.1, 0.15) is 47.6 Å². The number of rotatable bonds is 3. The van der Waals surface area contributed by atoms with Crippen molar-refractivity contribution >= 4 is 27.1 Å². The minimum Gasteiger partial charge on any atom is -0.309 e. The van der Waals surface area contributed by atoms with Crippen molar-refractivity contribution in [3.63, 3.8) is 0 Å². The summed E-state index contributed by atoms with van der Waals surface area (Å²) < 4.78 is 1.96. The van der Waals surface area contributed by atoms with E-state index in [4.69, 9.17) is 4.98 Å². The van der Waals surface area contributed by atoms with Gasteiger partial charge >= 0.3 is 0 Å². The first-order valence-corrected chi connectivity index (χ1v) is 11.0. The van der Waals surface area contributed by atoms with Crippen LogP contribution in [0, 0.1) is 0 Å². The molecule has 1 fully saturated rings. The van der Waals surface area contributed by atoms with Crippen molar-refractivity contribution < 1.29 is 0 Å². The van der Waals surface area contributed by atoms with E-state index in [1.807, 2.05) is 17.9 Å². The van der Waals surface area contributed by atoms with E-state index in [-0.39, 0.29) is 5.56 Å². The molecular formula is C21H23N5OS. The minimum atomic E-state index is 0.0508. The van der Waals surface area contributed by atoms with Gasteiger partial charge in [0.05, 0.1) is 17.6 Å². The second-order valence-electron chi connectivity index (χ2n) is 8.26. The van der Waals surface area contributed by atoms with E-state index in [9.17, 15) is 4.79 Å². The smallest absolute Gasteiger partial charge is 0.259 e. The fourth-order valence-electron chi connectivity index (χ4n) is 5.34. The monoisotopic (exact) mass is 393 g/mol. The van der Waals surface area contributed by atoms with Crippen LogP contribution in [0.2, 0.25) is 0 Å². The third-order valence-corrected chi connectivity index (χ3v) is 7.83. The van der Waals surface area contributed by atoms with Gasteiger partial charge in [0, 0.05) is 30.2 Å². The van der Waals surface area contributed by atoms with Gasteiger partial charge in [-0.25, -0.2) is 4.98 Å². The molecule has 2 bridgehead atoms. The molecule has 0 aromatic carbocycles. The summed E-state index contributed by atoms with van der Waals surface area (Å²) in [5.41, 5.74) is 3.92. The number of nitrogens with zero attached hydrogens (tertiary/aromatic N) is 4. The summed E-state index contributed by atoms with van der Waals surface area (Å²) >= 11 is 1.72. The third kappa shape index (κ3) is 2.46. The second-order valence-corrected chi connectivity index (χ2v) is 9.34. The van der Waals surface area contributed by atoms with E-state index >= 15 is 0 Å². The molecule has 0 spiro atoms. The summed E-state index contributed by atoms with van der Waals surface area (Å²) in [6.45, 7) is 0.720. The van der Waals surface area contributed by atoms with Crippen LogP contribution in [-0.2, 0) is 26.4 Å². The molecule has 28 heavy (non-hydrogen) atoms. The lowest BCUT2D eigenvalue weighted by molar-refractivity contribution is 0.198. The molecule has 1 aliphatic carbocycles. The lowest BCUT2D eigenvalue weighted by atomic mass is 9.98. The van der Waals surface area contributed by atoms with Crippen LogP contribution in [0.25, 0.3) is 15.8 Å². The number of fused-ring (bicyclic) bond motifs is 5. The maximum Gasteiger partial charge on any atom is 0.259 e. The number of thiophene rings is 1. The fraction of sp³-hybridized carbons (Fsp3) is 0.476. The summed E-state index contributed by atoms with van der Waals surface area (Å²) in [6, 6.07) is 3.02. The van der Waals surface area contributed by atoms with Crippen LogP contribution in [0.4, 0.5) is 0 Å². The van der Waals surface area contributed by atoms with Gasteiger partial charge in [0.2, 0.25) is 0 Å². The van der Waals surface area contributed by atoms with E-state index in [0.29, 0.717) is 12.1 Å². The van der Waals surface area contributed by atoms with Gasteiger partial charge < -0.3 is 4.98 Å². The number of H-pyrrole nitrogens is 1. The Labute approximate surface area is 166 Å². The average molecular weight is 394 g/mol. The average Bonchev–Trinajstić information content (AvgIpc) is 3.39. The quantitative estimate of drug-likeness (QED) is 0.743. The number of hydrogen-bond donors (Lipinski definition) is 1. The van der Waals surface area contributed by atoms with Gasteiger partial charge in [-0.05, 0) is 55.7 Å². The zero-order valence-corrected chi connectivity index (χ0v) is 16.8. The highest BCUT2D eigenvalue weighted by Gasteiger charge is 2.37. The standard InChI is InChI=1S/C21H23N5OS/c1-25-16(7-8-22-25)12-9-13-5-6-14(10-12)26(13)11-18-23-20(27)19-15-3-2-4-17(15)28-21(19)24-18/h7-9,13-14H,2-6,10-11H2,1H3,(H,23,24,27)/t13-,14+/m1/s1. The lowest BCUT2D eigenvalue weighted by Crippen LogP contribution is -2.38. The second kappa shape index (κ2) is 6.12. The molecule has 0 unspecified atom stereocenters. The van der Waals surface area contributed by atoms with Crippen molar-refractivity contribution in [2.75, 3.05) is 0 Å². The van der Waals surface area contributed by atoms with E-state index in [2.05, 4.69) is 27.1 Å². The maximum absolute atomic E-state index is 12.8. The van der Waals surface area contributed by atoms with Crippen LogP contribution in [-0.4, -0.2) is 36.7 Å². The molecular weight excluding hydrogens is 370 g/mol. The topological polar surface area (TPSA) is 66.8 Å². The Hall–Kier alpha value is -2.25. The van der Waals surface area contributed by atoms with Gasteiger partial charge in [0.25, 0.3) is 5.56 Å². The van der Waals surface area contributed by atoms with E-state index < -0.39 is 0 Å². The molecule has 6 nitrogen and oxygen atoms in total. The molecule has 6 rings (SSSR count). The van der Waals surface area contributed by atoms with Gasteiger partial charge in [-0.1, -0.05) is 6.08 Å².